The third-order valence-corrected chi connectivity index (χ3v) is 4.41. The number of rotatable bonds is 5. The highest BCUT2D eigenvalue weighted by molar-refractivity contribution is 5.82. The molecular formula is C17H24N2O4. The maximum Gasteiger partial charge on any atom is 0.227 e. The minimum Gasteiger partial charge on any atom is -0.493 e. The van der Waals surface area contributed by atoms with E-state index in [2.05, 4.69) is 0 Å². The molecule has 0 spiro atoms. The van der Waals surface area contributed by atoms with Crippen molar-refractivity contribution in [2.45, 2.75) is 32.2 Å². The molecule has 1 fully saturated rings. The van der Waals surface area contributed by atoms with Crippen LogP contribution < -0.4 is 15.2 Å². The fourth-order valence-electron chi connectivity index (χ4n) is 2.95. The Morgan fingerprint density at radius 2 is 1.91 bits per heavy atom. The van der Waals surface area contributed by atoms with E-state index in [1.807, 2.05) is 13.0 Å². The number of hydrogen-bond donors (Lipinski definition) is 1. The zero-order valence-corrected chi connectivity index (χ0v) is 13.9. The first-order valence-corrected chi connectivity index (χ1v) is 7.76. The van der Waals surface area contributed by atoms with E-state index in [1.165, 1.54) is 0 Å². The lowest BCUT2D eigenvalue weighted by molar-refractivity contribution is -0.136. The number of ether oxygens (including phenoxy) is 2. The molecule has 0 aromatic heterocycles. The molecular weight excluding hydrogens is 296 g/mol. The fourth-order valence-corrected chi connectivity index (χ4v) is 2.95. The number of nitrogens with two attached hydrogens (primary N) is 1. The summed E-state index contributed by atoms with van der Waals surface area (Å²) >= 11 is 0. The van der Waals surface area contributed by atoms with Gasteiger partial charge in [-0.2, -0.15) is 0 Å². The van der Waals surface area contributed by atoms with E-state index in [1.54, 1.807) is 31.3 Å². The number of benzene rings is 1. The van der Waals surface area contributed by atoms with Crippen LogP contribution in [0.5, 0.6) is 11.5 Å². The molecule has 0 radical (unpaired) electrons. The summed E-state index contributed by atoms with van der Waals surface area (Å²) in [6, 6.07) is 5.56. The molecule has 2 rings (SSSR count). The Morgan fingerprint density at radius 1 is 1.22 bits per heavy atom. The minimum absolute atomic E-state index is 0.00401. The predicted octanol–water partition coefficient (Wildman–Crippen LogP) is 1.36. The lowest BCUT2D eigenvalue weighted by Crippen LogP contribution is -2.49. The second-order valence-corrected chi connectivity index (χ2v) is 5.94. The van der Waals surface area contributed by atoms with Gasteiger partial charge < -0.3 is 20.1 Å². The van der Waals surface area contributed by atoms with Gasteiger partial charge in [0, 0.05) is 12.6 Å². The molecule has 1 aliphatic rings. The topological polar surface area (TPSA) is 81.9 Å². The Kier molecular flexibility index (Phi) is 5.47. The van der Waals surface area contributed by atoms with Gasteiger partial charge in [-0.15, -0.1) is 0 Å². The van der Waals surface area contributed by atoms with Crippen molar-refractivity contribution in [2.24, 2.45) is 11.7 Å². The SMILES string of the molecule is COc1ccc(CC(=O)N2CC(C(N)=O)CCC2C)cc1OC. The van der Waals surface area contributed by atoms with Gasteiger partial charge in [0.1, 0.15) is 0 Å². The number of methoxy groups -OCH3 is 2. The van der Waals surface area contributed by atoms with Crippen LogP contribution in [0.2, 0.25) is 0 Å². The van der Waals surface area contributed by atoms with E-state index < -0.39 is 0 Å². The number of hydrogen-bond acceptors (Lipinski definition) is 4. The number of likely N-dealkylation sites (tertiary alicyclic amines) is 1. The maximum atomic E-state index is 12.6. The van der Waals surface area contributed by atoms with Gasteiger partial charge in [-0.25, -0.2) is 0 Å². The number of carbonyl (C=O) groups is 2. The Morgan fingerprint density at radius 3 is 2.52 bits per heavy atom. The zero-order chi connectivity index (χ0) is 17.0. The van der Waals surface area contributed by atoms with Crippen LogP contribution in [-0.4, -0.2) is 43.5 Å². The Bertz CT molecular complexity index is 588. The second-order valence-electron chi connectivity index (χ2n) is 5.94. The monoisotopic (exact) mass is 320 g/mol. The van der Waals surface area contributed by atoms with Crippen LogP contribution >= 0.6 is 0 Å². The van der Waals surface area contributed by atoms with Gasteiger partial charge in [0.15, 0.2) is 11.5 Å². The Labute approximate surface area is 136 Å². The largest absolute Gasteiger partial charge is 0.493 e. The highest BCUT2D eigenvalue weighted by atomic mass is 16.5. The first-order valence-electron chi connectivity index (χ1n) is 7.76. The van der Waals surface area contributed by atoms with Gasteiger partial charge in [0.25, 0.3) is 0 Å². The van der Waals surface area contributed by atoms with Gasteiger partial charge >= 0.3 is 0 Å². The number of primary amides is 1. The summed E-state index contributed by atoms with van der Waals surface area (Å²) in [5.41, 5.74) is 6.24. The summed E-state index contributed by atoms with van der Waals surface area (Å²) in [4.78, 5) is 25.8. The van der Waals surface area contributed by atoms with Crippen molar-refractivity contribution in [3.05, 3.63) is 23.8 Å². The number of carbonyl (C=O) groups excluding carboxylic acids is 2. The molecule has 1 heterocycles. The molecule has 2 unspecified atom stereocenters. The van der Waals surface area contributed by atoms with Crippen LogP contribution in [0, 0.1) is 5.92 Å². The normalized spacial score (nSPS) is 20.9. The summed E-state index contributed by atoms with van der Waals surface area (Å²) < 4.78 is 10.5. The minimum atomic E-state index is -0.333. The van der Waals surface area contributed by atoms with E-state index in [0.717, 1.165) is 18.4 Å². The Hall–Kier alpha value is -2.24. The van der Waals surface area contributed by atoms with Crippen molar-refractivity contribution in [2.75, 3.05) is 20.8 Å². The Balaban J connectivity index is 2.10. The summed E-state index contributed by atoms with van der Waals surface area (Å²) in [6.45, 7) is 2.41. The van der Waals surface area contributed by atoms with E-state index in [4.69, 9.17) is 15.2 Å². The highest BCUT2D eigenvalue weighted by Gasteiger charge is 2.31. The molecule has 1 aromatic rings. The molecule has 0 aliphatic carbocycles. The summed E-state index contributed by atoms with van der Waals surface area (Å²) in [5.74, 6) is 0.639. The zero-order valence-electron chi connectivity index (χ0n) is 13.9. The van der Waals surface area contributed by atoms with Gasteiger partial charge in [-0.05, 0) is 37.5 Å². The number of nitrogens with zero attached hydrogens (tertiary/aromatic N) is 1. The van der Waals surface area contributed by atoms with Crippen LogP contribution in [0.3, 0.4) is 0 Å². The third-order valence-electron chi connectivity index (χ3n) is 4.41. The first-order chi connectivity index (χ1) is 11.0. The molecule has 23 heavy (non-hydrogen) atoms. The summed E-state index contributed by atoms with van der Waals surface area (Å²) in [6.07, 6.45) is 1.80. The highest BCUT2D eigenvalue weighted by Crippen LogP contribution is 2.28. The van der Waals surface area contributed by atoms with E-state index in [0.29, 0.717) is 18.0 Å². The molecule has 1 saturated heterocycles. The van der Waals surface area contributed by atoms with Crippen LogP contribution in [0.4, 0.5) is 0 Å². The third kappa shape index (κ3) is 3.94. The molecule has 2 N–H and O–H groups in total. The molecule has 2 atom stereocenters. The predicted molar refractivity (Wildman–Crippen MR) is 86.3 cm³/mol. The molecule has 2 amide bonds. The summed E-state index contributed by atoms with van der Waals surface area (Å²) in [7, 11) is 3.13. The number of amides is 2. The van der Waals surface area contributed by atoms with Crippen LogP contribution in [0.15, 0.2) is 18.2 Å². The molecule has 6 nitrogen and oxygen atoms in total. The maximum absolute atomic E-state index is 12.6. The van der Waals surface area contributed by atoms with E-state index in [9.17, 15) is 9.59 Å². The first kappa shape index (κ1) is 17.1. The quantitative estimate of drug-likeness (QED) is 0.888. The molecule has 1 aliphatic heterocycles. The van der Waals surface area contributed by atoms with Crippen molar-refractivity contribution in [3.8, 4) is 11.5 Å². The molecule has 1 aromatic carbocycles. The average molecular weight is 320 g/mol. The standard InChI is InChI=1S/C17H24N2O4/c1-11-4-6-13(17(18)21)10-19(11)16(20)9-12-5-7-14(22-2)15(8-12)23-3/h5,7-8,11,13H,4,6,9-10H2,1-3H3,(H2,18,21). The number of piperidine rings is 1. The van der Waals surface area contributed by atoms with Gasteiger partial charge in [-0.3, -0.25) is 9.59 Å². The van der Waals surface area contributed by atoms with Crippen LogP contribution in [-0.2, 0) is 16.0 Å². The molecule has 0 saturated carbocycles. The van der Waals surface area contributed by atoms with Crippen molar-refractivity contribution in [3.63, 3.8) is 0 Å². The summed E-state index contributed by atoms with van der Waals surface area (Å²) in [5, 5.41) is 0. The molecule has 6 heteroatoms. The smallest absolute Gasteiger partial charge is 0.227 e. The van der Waals surface area contributed by atoms with E-state index in [-0.39, 0.29) is 30.2 Å². The van der Waals surface area contributed by atoms with Gasteiger partial charge in [-0.1, -0.05) is 6.07 Å². The molecule has 0 bridgehead atoms. The second kappa shape index (κ2) is 7.35. The lowest BCUT2D eigenvalue weighted by atomic mass is 9.92. The lowest BCUT2D eigenvalue weighted by Gasteiger charge is -2.37. The van der Waals surface area contributed by atoms with Crippen molar-refractivity contribution in [1.29, 1.82) is 0 Å². The van der Waals surface area contributed by atoms with Crippen molar-refractivity contribution >= 4 is 11.8 Å². The van der Waals surface area contributed by atoms with Crippen molar-refractivity contribution < 1.29 is 19.1 Å². The fraction of sp³-hybridized carbons (Fsp3) is 0.529. The van der Waals surface area contributed by atoms with Crippen molar-refractivity contribution in [1.82, 2.24) is 4.90 Å². The average Bonchev–Trinajstić information content (AvgIpc) is 2.54. The molecule has 126 valence electrons. The van der Waals surface area contributed by atoms with Crippen LogP contribution in [0.25, 0.3) is 0 Å². The van der Waals surface area contributed by atoms with E-state index >= 15 is 0 Å². The van der Waals surface area contributed by atoms with Gasteiger partial charge in [0.2, 0.25) is 11.8 Å². The van der Waals surface area contributed by atoms with Crippen LogP contribution in [0.1, 0.15) is 25.3 Å². The van der Waals surface area contributed by atoms with Gasteiger partial charge in [0.05, 0.1) is 26.6 Å².